The van der Waals surface area contributed by atoms with E-state index in [-0.39, 0.29) is 0 Å². The molecule has 1 rings (SSSR count). The Hall–Kier alpha value is -1.26. The Morgan fingerprint density at radius 3 is 2.94 bits per heavy atom. The van der Waals surface area contributed by atoms with Crippen molar-refractivity contribution in [3.05, 3.63) is 45.9 Å². The normalized spacial score (nSPS) is 11.2. The first kappa shape index (κ1) is 13.8. The van der Waals surface area contributed by atoms with Crippen LogP contribution in [0.3, 0.4) is 0 Å². The van der Waals surface area contributed by atoms with E-state index in [0.29, 0.717) is 17.9 Å². The maximum absolute atomic E-state index is 10.5. The van der Waals surface area contributed by atoms with Gasteiger partial charge in [-0.15, -0.1) is 0 Å². The minimum atomic E-state index is -1.00. The molecule has 0 fully saturated rings. The van der Waals surface area contributed by atoms with Gasteiger partial charge >= 0.3 is 5.97 Å². The monoisotopic (exact) mass is 316 g/mol. The van der Waals surface area contributed by atoms with Gasteiger partial charge in [0.2, 0.25) is 0 Å². The van der Waals surface area contributed by atoms with Gasteiger partial charge in [-0.2, -0.15) is 0 Å². The number of hydrogen-bond donors (Lipinski definition) is 1. The van der Waals surface area contributed by atoms with E-state index in [2.05, 4.69) is 15.9 Å². The zero-order valence-corrected chi connectivity index (χ0v) is 11.1. The van der Waals surface area contributed by atoms with Crippen LogP contribution in [0, 0.1) is 0 Å². The van der Waals surface area contributed by atoms with Crippen LogP contribution in [0.1, 0.15) is 5.56 Å². The van der Waals surface area contributed by atoms with Crippen molar-refractivity contribution in [3.8, 4) is 5.75 Å². The van der Waals surface area contributed by atoms with E-state index >= 15 is 0 Å². The van der Waals surface area contributed by atoms with Crippen molar-refractivity contribution in [1.82, 2.24) is 0 Å². The molecular weight excluding hydrogens is 307 g/mol. The summed E-state index contributed by atoms with van der Waals surface area (Å²) in [6.45, 7) is 0.319. The average molecular weight is 318 g/mol. The quantitative estimate of drug-likeness (QED) is 0.843. The third-order valence-electron chi connectivity index (χ3n) is 1.82. The van der Waals surface area contributed by atoms with Gasteiger partial charge in [0, 0.05) is 17.2 Å². The minimum absolute atomic E-state index is 0.319. The Kier molecular flexibility index (Phi) is 5.80. The minimum Gasteiger partial charge on any atom is -0.488 e. The molecule has 1 N–H and O–H groups in total. The van der Waals surface area contributed by atoms with Crippen molar-refractivity contribution in [2.24, 2.45) is 0 Å². The largest absolute Gasteiger partial charge is 0.488 e. The van der Waals surface area contributed by atoms with Crippen LogP contribution < -0.4 is 4.74 Å². The number of carboxylic acid groups (broad SMARTS) is 1. The first-order valence-corrected chi connectivity index (χ1v) is 5.95. The molecule has 0 radical (unpaired) electrons. The molecule has 0 aliphatic rings. The maximum Gasteiger partial charge on any atom is 0.328 e. The second kappa shape index (κ2) is 7.14. The molecule has 0 heterocycles. The molecule has 0 spiro atoms. The van der Waals surface area contributed by atoms with Crippen LogP contribution in [-0.2, 0) is 4.79 Å². The molecule has 1 aromatic carbocycles. The Balaban J connectivity index is 2.95. The third kappa shape index (κ3) is 4.63. The Morgan fingerprint density at radius 1 is 1.53 bits per heavy atom. The smallest absolute Gasteiger partial charge is 0.328 e. The lowest BCUT2D eigenvalue weighted by molar-refractivity contribution is -0.131. The molecule has 0 bridgehead atoms. The molecule has 5 heteroatoms. The number of rotatable bonds is 5. The van der Waals surface area contributed by atoms with Crippen molar-refractivity contribution in [2.45, 2.75) is 0 Å². The van der Waals surface area contributed by atoms with Crippen molar-refractivity contribution in [1.29, 1.82) is 0 Å². The highest BCUT2D eigenvalue weighted by Crippen LogP contribution is 2.30. The van der Waals surface area contributed by atoms with Gasteiger partial charge in [0.25, 0.3) is 0 Å². The van der Waals surface area contributed by atoms with Crippen LogP contribution in [0.5, 0.6) is 5.75 Å². The second-order valence-corrected chi connectivity index (χ2v) is 4.11. The predicted octanol–water partition coefficient (Wildman–Crippen LogP) is 3.68. The van der Waals surface area contributed by atoms with Crippen LogP contribution in [0.2, 0.25) is 0 Å². The molecule has 0 aliphatic carbocycles. The zero-order chi connectivity index (χ0) is 12.7. The van der Waals surface area contributed by atoms with Crippen molar-refractivity contribution in [3.63, 3.8) is 0 Å². The second-order valence-electron chi connectivity index (χ2n) is 3.00. The lowest BCUT2D eigenvalue weighted by Crippen LogP contribution is -1.96. The first-order valence-electron chi connectivity index (χ1n) is 4.72. The van der Waals surface area contributed by atoms with Gasteiger partial charge in [0.05, 0.1) is 4.47 Å². The van der Waals surface area contributed by atoms with Gasteiger partial charge in [-0.3, -0.25) is 0 Å². The fourth-order valence-corrected chi connectivity index (χ4v) is 1.71. The van der Waals surface area contributed by atoms with Gasteiger partial charge in [-0.05, 0) is 34.1 Å². The average Bonchev–Trinajstić information content (AvgIpc) is 2.29. The van der Waals surface area contributed by atoms with Crippen LogP contribution in [-0.4, -0.2) is 17.7 Å². The van der Waals surface area contributed by atoms with Gasteiger partial charge in [-0.1, -0.05) is 23.7 Å². The van der Waals surface area contributed by atoms with E-state index in [1.54, 1.807) is 18.2 Å². The summed E-state index contributed by atoms with van der Waals surface area (Å²) in [6, 6.07) is 5.39. The summed E-state index contributed by atoms with van der Waals surface area (Å²) in [5, 5.41) is 8.58. The lowest BCUT2D eigenvalue weighted by Gasteiger charge is -2.09. The summed E-state index contributed by atoms with van der Waals surface area (Å²) in [7, 11) is 0. The standard InChI is InChI=1S/C12H10BrClO3/c13-10-4-1-3-9(5-6-11(15)16)12(10)17-8-2-7-14/h1-7H,8H2,(H,15,16)/b6-5+,7-2+. The molecule has 0 aliphatic heterocycles. The molecule has 0 aromatic heterocycles. The number of carbonyl (C=O) groups is 1. The van der Waals surface area contributed by atoms with Gasteiger partial charge in [0.1, 0.15) is 12.4 Å². The van der Waals surface area contributed by atoms with E-state index in [1.807, 2.05) is 6.07 Å². The van der Waals surface area contributed by atoms with Crippen molar-refractivity contribution >= 4 is 39.6 Å². The van der Waals surface area contributed by atoms with E-state index in [9.17, 15) is 4.79 Å². The predicted molar refractivity (Wildman–Crippen MR) is 71.3 cm³/mol. The van der Waals surface area contributed by atoms with Crippen LogP contribution in [0.4, 0.5) is 0 Å². The number of carboxylic acids is 1. The fourth-order valence-electron chi connectivity index (χ4n) is 1.14. The molecule has 0 saturated carbocycles. The van der Waals surface area contributed by atoms with E-state index in [1.165, 1.54) is 11.6 Å². The summed E-state index contributed by atoms with van der Waals surface area (Å²) in [6.07, 6.45) is 4.19. The molecule has 1 aromatic rings. The first-order chi connectivity index (χ1) is 8.15. The summed E-state index contributed by atoms with van der Waals surface area (Å²) in [4.78, 5) is 10.5. The molecule has 0 saturated heterocycles. The highest BCUT2D eigenvalue weighted by atomic mass is 79.9. The SMILES string of the molecule is O=C(O)/C=C/c1cccc(Br)c1OC/C=C/Cl. The van der Waals surface area contributed by atoms with Gasteiger partial charge in [-0.25, -0.2) is 4.79 Å². The van der Waals surface area contributed by atoms with Crippen LogP contribution in [0.25, 0.3) is 6.08 Å². The number of halogens is 2. The Labute approximate surface area is 112 Å². The third-order valence-corrected chi connectivity index (χ3v) is 2.62. The van der Waals surface area contributed by atoms with Crippen molar-refractivity contribution in [2.75, 3.05) is 6.61 Å². The van der Waals surface area contributed by atoms with Crippen molar-refractivity contribution < 1.29 is 14.6 Å². The number of aliphatic carboxylic acids is 1. The molecule has 0 atom stereocenters. The zero-order valence-electron chi connectivity index (χ0n) is 8.77. The summed E-state index contributed by atoms with van der Waals surface area (Å²) >= 11 is 8.73. The molecule has 3 nitrogen and oxygen atoms in total. The van der Waals surface area contributed by atoms with Crippen LogP contribution in [0.15, 0.2) is 40.4 Å². The number of para-hydroxylation sites is 1. The fraction of sp³-hybridized carbons (Fsp3) is 0.0833. The maximum atomic E-state index is 10.5. The van der Waals surface area contributed by atoms with E-state index in [0.717, 1.165) is 10.5 Å². The van der Waals surface area contributed by atoms with E-state index in [4.69, 9.17) is 21.4 Å². The molecule has 0 unspecified atom stereocenters. The van der Waals surface area contributed by atoms with E-state index < -0.39 is 5.97 Å². The number of benzene rings is 1. The lowest BCUT2D eigenvalue weighted by atomic mass is 10.2. The topological polar surface area (TPSA) is 46.5 Å². The van der Waals surface area contributed by atoms with Crippen LogP contribution >= 0.6 is 27.5 Å². The van der Waals surface area contributed by atoms with Gasteiger partial charge in [0.15, 0.2) is 0 Å². The Morgan fingerprint density at radius 2 is 2.29 bits per heavy atom. The molecular formula is C12H10BrClO3. The number of hydrogen-bond acceptors (Lipinski definition) is 2. The highest BCUT2D eigenvalue weighted by molar-refractivity contribution is 9.10. The number of ether oxygens (including phenoxy) is 1. The molecule has 90 valence electrons. The summed E-state index contributed by atoms with van der Waals surface area (Å²) in [5.41, 5.74) is 2.05. The van der Waals surface area contributed by atoms with Gasteiger partial charge < -0.3 is 9.84 Å². The summed E-state index contributed by atoms with van der Waals surface area (Å²) in [5.74, 6) is -0.420. The Bertz CT molecular complexity index is 455. The summed E-state index contributed by atoms with van der Waals surface area (Å²) < 4.78 is 6.24. The highest BCUT2D eigenvalue weighted by Gasteiger charge is 2.05. The molecule has 0 amide bonds. The molecule has 17 heavy (non-hydrogen) atoms.